The van der Waals surface area contributed by atoms with Crippen molar-refractivity contribution in [3.63, 3.8) is 0 Å². The van der Waals surface area contributed by atoms with Crippen LogP contribution in [0.2, 0.25) is 0 Å². The van der Waals surface area contributed by atoms with Crippen molar-refractivity contribution in [2.45, 2.75) is 26.3 Å². The van der Waals surface area contributed by atoms with Gasteiger partial charge < -0.3 is 9.80 Å². The second-order valence-corrected chi connectivity index (χ2v) is 7.04. The number of likely N-dealkylation sites (tertiary alicyclic amines) is 1. The molecule has 5 nitrogen and oxygen atoms in total. The highest BCUT2D eigenvalue weighted by Crippen LogP contribution is 2.21. The number of piperazine rings is 1. The van der Waals surface area contributed by atoms with Gasteiger partial charge in [-0.05, 0) is 37.1 Å². The summed E-state index contributed by atoms with van der Waals surface area (Å²) in [6.45, 7) is 6.42. The molecule has 0 spiro atoms. The quantitative estimate of drug-likeness (QED) is 0.836. The first-order chi connectivity index (χ1) is 12.0. The molecule has 0 aliphatic carbocycles. The van der Waals surface area contributed by atoms with Crippen molar-refractivity contribution in [1.82, 2.24) is 14.7 Å². The summed E-state index contributed by atoms with van der Waals surface area (Å²) in [5, 5.41) is 0. The fourth-order valence-corrected chi connectivity index (χ4v) is 3.79. The lowest BCUT2D eigenvalue weighted by Gasteiger charge is -2.38. The van der Waals surface area contributed by atoms with Gasteiger partial charge in [0.25, 0.3) is 0 Å². The maximum atomic E-state index is 13.4. The van der Waals surface area contributed by atoms with E-state index in [-0.39, 0.29) is 23.5 Å². The second kappa shape index (κ2) is 7.95. The molecule has 2 saturated heterocycles. The normalized spacial score (nSPS) is 22.1. The van der Waals surface area contributed by atoms with Crippen LogP contribution in [0.15, 0.2) is 24.3 Å². The average molecular weight is 347 g/mol. The first-order valence-electron chi connectivity index (χ1n) is 9.04. The van der Waals surface area contributed by atoms with Crippen molar-refractivity contribution in [3.8, 4) is 0 Å². The summed E-state index contributed by atoms with van der Waals surface area (Å²) >= 11 is 0. The second-order valence-electron chi connectivity index (χ2n) is 7.04. The molecule has 3 rings (SSSR count). The number of amides is 2. The van der Waals surface area contributed by atoms with Gasteiger partial charge in [0.2, 0.25) is 11.8 Å². The van der Waals surface area contributed by atoms with Crippen LogP contribution in [-0.2, 0) is 16.1 Å². The summed E-state index contributed by atoms with van der Waals surface area (Å²) in [5.74, 6) is 0.0647. The Hall–Kier alpha value is -1.95. The van der Waals surface area contributed by atoms with Gasteiger partial charge in [-0.15, -0.1) is 0 Å². The van der Waals surface area contributed by atoms with Crippen molar-refractivity contribution >= 4 is 11.8 Å². The molecule has 0 radical (unpaired) electrons. The van der Waals surface area contributed by atoms with Crippen LogP contribution < -0.4 is 0 Å². The summed E-state index contributed by atoms with van der Waals surface area (Å²) in [5.41, 5.74) is 0.947. The number of rotatable bonds is 3. The lowest BCUT2D eigenvalue weighted by Crippen LogP contribution is -2.53. The summed E-state index contributed by atoms with van der Waals surface area (Å²) in [7, 11) is 0. The summed E-state index contributed by atoms with van der Waals surface area (Å²) in [4.78, 5) is 30.2. The fourth-order valence-electron chi connectivity index (χ4n) is 3.79. The van der Waals surface area contributed by atoms with E-state index >= 15 is 0 Å². The smallest absolute Gasteiger partial charge is 0.227 e. The Bertz CT molecular complexity index is 629. The molecule has 25 heavy (non-hydrogen) atoms. The predicted molar refractivity (Wildman–Crippen MR) is 93.2 cm³/mol. The number of nitrogens with zero attached hydrogens (tertiary/aromatic N) is 3. The number of piperidine rings is 1. The molecule has 0 N–H and O–H groups in total. The van der Waals surface area contributed by atoms with Gasteiger partial charge in [0.05, 0.1) is 5.92 Å². The minimum Gasteiger partial charge on any atom is -0.339 e. The molecule has 136 valence electrons. The van der Waals surface area contributed by atoms with Crippen molar-refractivity contribution < 1.29 is 14.0 Å². The van der Waals surface area contributed by atoms with E-state index in [1.807, 2.05) is 11.0 Å². The molecule has 2 amide bonds. The van der Waals surface area contributed by atoms with Crippen LogP contribution in [0, 0.1) is 11.7 Å². The zero-order valence-corrected chi connectivity index (χ0v) is 14.8. The third-order valence-electron chi connectivity index (χ3n) is 5.19. The van der Waals surface area contributed by atoms with E-state index < -0.39 is 0 Å². The van der Waals surface area contributed by atoms with E-state index in [4.69, 9.17) is 0 Å². The summed E-state index contributed by atoms with van der Waals surface area (Å²) in [6.07, 6.45) is 1.89. The van der Waals surface area contributed by atoms with Gasteiger partial charge in [-0.2, -0.15) is 0 Å². The number of carbonyl (C=O) groups excluding carboxylic acids is 2. The van der Waals surface area contributed by atoms with Gasteiger partial charge in [0.1, 0.15) is 5.82 Å². The molecule has 0 saturated carbocycles. The molecule has 1 atom stereocenters. The Morgan fingerprint density at radius 2 is 1.84 bits per heavy atom. The van der Waals surface area contributed by atoms with E-state index in [1.165, 1.54) is 6.07 Å². The molecular formula is C19H26FN3O2. The van der Waals surface area contributed by atoms with Gasteiger partial charge in [-0.3, -0.25) is 14.5 Å². The van der Waals surface area contributed by atoms with E-state index in [9.17, 15) is 14.0 Å². The molecule has 0 aromatic heterocycles. The monoisotopic (exact) mass is 347 g/mol. The van der Waals surface area contributed by atoms with Crippen LogP contribution in [0.1, 0.15) is 25.3 Å². The lowest BCUT2D eigenvalue weighted by molar-refractivity contribution is -0.142. The van der Waals surface area contributed by atoms with Crippen LogP contribution in [0.25, 0.3) is 0 Å². The van der Waals surface area contributed by atoms with Crippen molar-refractivity contribution in [2.75, 3.05) is 39.3 Å². The van der Waals surface area contributed by atoms with Crippen LogP contribution >= 0.6 is 0 Å². The fraction of sp³-hybridized carbons (Fsp3) is 0.579. The largest absolute Gasteiger partial charge is 0.339 e. The van der Waals surface area contributed by atoms with E-state index in [0.717, 1.165) is 31.5 Å². The topological polar surface area (TPSA) is 43.9 Å². The zero-order valence-electron chi connectivity index (χ0n) is 14.8. The number of benzene rings is 1. The molecule has 2 aliphatic heterocycles. The highest BCUT2D eigenvalue weighted by Gasteiger charge is 2.31. The van der Waals surface area contributed by atoms with Crippen LogP contribution in [0.5, 0.6) is 0 Å². The Morgan fingerprint density at radius 3 is 2.52 bits per heavy atom. The minimum absolute atomic E-state index is 0.00573. The predicted octanol–water partition coefficient (Wildman–Crippen LogP) is 1.73. The molecule has 2 aliphatic rings. The summed E-state index contributed by atoms with van der Waals surface area (Å²) in [6, 6.07) is 6.67. The maximum absolute atomic E-state index is 13.4. The molecule has 2 fully saturated rings. The number of hydrogen-bond donors (Lipinski definition) is 0. The van der Waals surface area contributed by atoms with Gasteiger partial charge in [0, 0.05) is 46.2 Å². The summed E-state index contributed by atoms with van der Waals surface area (Å²) < 4.78 is 13.4. The van der Waals surface area contributed by atoms with Gasteiger partial charge in [0.15, 0.2) is 0 Å². The SMILES string of the molecule is CC(=O)N1CCN(C(=O)C2CCCN(Cc3cccc(F)c3)C2)CC1. The van der Waals surface area contributed by atoms with Crippen molar-refractivity contribution in [1.29, 1.82) is 0 Å². The molecular weight excluding hydrogens is 321 g/mol. The first-order valence-corrected chi connectivity index (χ1v) is 9.04. The number of halogens is 1. The molecule has 1 aromatic rings. The Morgan fingerprint density at radius 1 is 1.12 bits per heavy atom. The number of carbonyl (C=O) groups is 2. The molecule has 1 aromatic carbocycles. The molecule has 0 bridgehead atoms. The van der Waals surface area contributed by atoms with Crippen LogP contribution in [0.4, 0.5) is 4.39 Å². The molecule has 6 heteroatoms. The Kier molecular flexibility index (Phi) is 5.68. The molecule has 2 heterocycles. The zero-order chi connectivity index (χ0) is 17.8. The standard InChI is InChI=1S/C19H26FN3O2/c1-15(24)22-8-10-23(11-9-22)19(25)17-5-3-7-21(14-17)13-16-4-2-6-18(20)12-16/h2,4,6,12,17H,3,5,7-11,13-14H2,1H3. The van der Waals surface area contributed by atoms with E-state index in [1.54, 1.807) is 24.0 Å². The lowest BCUT2D eigenvalue weighted by atomic mass is 9.95. The Balaban J connectivity index is 1.54. The van der Waals surface area contributed by atoms with Gasteiger partial charge in [-0.25, -0.2) is 4.39 Å². The third kappa shape index (κ3) is 4.57. The maximum Gasteiger partial charge on any atom is 0.227 e. The minimum atomic E-state index is -0.217. The Labute approximate surface area is 148 Å². The van der Waals surface area contributed by atoms with E-state index in [2.05, 4.69) is 4.90 Å². The van der Waals surface area contributed by atoms with Gasteiger partial charge in [-0.1, -0.05) is 12.1 Å². The van der Waals surface area contributed by atoms with Gasteiger partial charge >= 0.3 is 0 Å². The van der Waals surface area contributed by atoms with Crippen molar-refractivity contribution in [3.05, 3.63) is 35.6 Å². The van der Waals surface area contributed by atoms with Crippen LogP contribution in [-0.4, -0.2) is 65.8 Å². The highest BCUT2D eigenvalue weighted by molar-refractivity contribution is 5.80. The average Bonchev–Trinajstić information content (AvgIpc) is 2.61. The van der Waals surface area contributed by atoms with E-state index in [0.29, 0.717) is 32.7 Å². The first kappa shape index (κ1) is 17.9. The number of hydrogen-bond acceptors (Lipinski definition) is 3. The third-order valence-corrected chi connectivity index (χ3v) is 5.19. The molecule has 1 unspecified atom stereocenters. The van der Waals surface area contributed by atoms with Crippen molar-refractivity contribution in [2.24, 2.45) is 5.92 Å². The highest BCUT2D eigenvalue weighted by atomic mass is 19.1. The van der Waals surface area contributed by atoms with Crippen LogP contribution in [0.3, 0.4) is 0 Å².